The summed E-state index contributed by atoms with van der Waals surface area (Å²) in [6.07, 6.45) is -3.11. The smallest absolute Gasteiger partial charge is 0.416 e. The summed E-state index contributed by atoms with van der Waals surface area (Å²) in [6.45, 7) is 1.55. The third kappa shape index (κ3) is 4.45. The van der Waals surface area contributed by atoms with Crippen molar-refractivity contribution in [1.82, 2.24) is 4.98 Å². The third-order valence-corrected chi connectivity index (χ3v) is 4.10. The van der Waals surface area contributed by atoms with Crippen molar-refractivity contribution in [1.29, 1.82) is 0 Å². The van der Waals surface area contributed by atoms with Crippen LogP contribution in [0.25, 0.3) is 11.3 Å². The molecule has 0 spiro atoms. The van der Waals surface area contributed by atoms with Gasteiger partial charge >= 0.3 is 12.1 Å². The Morgan fingerprint density at radius 2 is 2.00 bits per heavy atom. The van der Waals surface area contributed by atoms with Gasteiger partial charge in [-0.2, -0.15) is 13.2 Å². The number of hydrogen-bond acceptors (Lipinski definition) is 4. The Kier molecular flexibility index (Phi) is 5.33. The van der Waals surface area contributed by atoms with Crippen LogP contribution in [0.1, 0.15) is 27.4 Å². The summed E-state index contributed by atoms with van der Waals surface area (Å²) in [5, 5.41) is 9.11. The molecular weight excluding hydrogens is 399 g/mol. The number of nitrogens with zero attached hydrogens (tertiary/aromatic N) is 1. The van der Waals surface area contributed by atoms with Crippen LogP contribution in [0.5, 0.6) is 5.75 Å². The van der Waals surface area contributed by atoms with Crippen molar-refractivity contribution >= 4 is 17.6 Å². The zero-order valence-electron chi connectivity index (χ0n) is 14.4. The van der Waals surface area contributed by atoms with Gasteiger partial charge in [0.05, 0.1) is 16.1 Å². The van der Waals surface area contributed by atoms with Gasteiger partial charge in [-0.25, -0.2) is 9.78 Å². The average molecular weight is 412 g/mol. The van der Waals surface area contributed by atoms with Gasteiger partial charge < -0.3 is 14.3 Å². The van der Waals surface area contributed by atoms with Crippen molar-refractivity contribution in [2.24, 2.45) is 0 Å². The highest BCUT2D eigenvalue weighted by molar-refractivity contribution is 6.32. The Balaban J connectivity index is 1.86. The van der Waals surface area contributed by atoms with E-state index in [1.165, 1.54) is 18.4 Å². The molecule has 5 nitrogen and oxygen atoms in total. The quantitative estimate of drug-likeness (QED) is 0.591. The predicted molar refractivity (Wildman–Crippen MR) is 94.4 cm³/mol. The molecule has 3 aromatic rings. The van der Waals surface area contributed by atoms with Crippen molar-refractivity contribution in [2.75, 3.05) is 0 Å². The standard InChI is InChI=1S/C19H13ClF3NO4/c1-10-24-16(9-27-10)12-4-11(5-13(6-12)18(25)26)8-28-17-3-2-14(7-15(17)20)19(21,22)23/h2-7,9H,8H2,1H3,(H,25,26). The fourth-order valence-electron chi connectivity index (χ4n) is 2.50. The van der Waals surface area contributed by atoms with Crippen molar-refractivity contribution in [3.05, 3.63) is 70.3 Å². The van der Waals surface area contributed by atoms with E-state index in [0.717, 1.165) is 18.2 Å². The molecule has 2 aromatic carbocycles. The molecule has 0 aliphatic heterocycles. The first-order valence-electron chi connectivity index (χ1n) is 7.93. The molecule has 0 saturated carbocycles. The molecule has 3 rings (SSSR count). The van der Waals surface area contributed by atoms with Crippen LogP contribution in [-0.2, 0) is 12.8 Å². The molecule has 0 bridgehead atoms. The zero-order valence-corrected chi connectivity index (χ0v) is 15.1. The van der Waals surface area contributed by atoms with Crippen molar-refractivity contribution < 1.29 is 32.2 Å². The number of carboxylic acids is 1. The van der Waals surface area contributed by atoms with E-state index < -0.39 is 17.7 Å². The lowest BCUT2D eigenvalue weighted by Crippen LogP contribution is -2.05. The monoisotopic (exact) mass is 411 g/mol. The molecule has 146 valence electrons. The molecule has 9 heteroatoms. The Morgan fingerprint density at radius 3 is 2.57 bits per heavy atom. The van der Waals surface area contributed by atoms with Gasteiger partial charge in [0.25, 0.3) is 0 Å². The number of alkyl halides is 3. The van der Waals surface area contributed by atoms with Gasteiger partial charge in [-0.1, -0.05) is 11.6 Å². The van der Waals surface area contributed by atoms with E-state index in [4.69, 9.17) is 20.8 Å². The Labute approximate surface area is 162 Å². The molecule has 1 aromatic heterocycles. The molecule has 0 fully saturated rings. The second kappa shape index (κ2) is 7.55. The third-order valence-electron chi connectivity index (χ3n) is 3.81. The Morgan fingerprint density at radius 1 is 1.25 bits per heavy atom. The maximum atomic E-state index is 12.7. The van der Waals surface area contributed by atoms with E-state index in [0.29, 0.717) is 22.7 Å². The first kappa shape index (κ1) is 19.8. The molecule has 0 atom stereocenters. The minimum Gasteiger partial charge on any atom is -0.487 e. The average Bonchev–Trinajstić information content (AvgIpc) is 3.06. The summed E-state index contributed by atoms with van der Waals surface area (Å²) < 4.78 is 48.8. The van der Waals surface area contributed by atoms with Gasteiger partial charge in [0.1, 0.15) is 24.3 Å². The van der Waals surface area contributed by atoms with Gasteiger partial charge in [0.15, 0.2) is 5.89 Å². The highest BCUT2D eigenvalue weighted by Gasteiger charge is 2.31. The summed E-state index contributed by atoms with van der Waals surface area (Å²) in [7, 11) is 0. The molecule has 0 aliphatic carbocycles. The number of carboxylic acid groups (broad SMARTS) is 1. The normalized spacial score (nSPS) is 11.5. The Bertz CT molecular complexity index is 1030. The largest absolute Gasteiger partial charge is 0.487 e. The van der Waals surface area contributed by atoms with Crippen molar-refractivity contribution in [3.63, 3.8) is 0 Å². The fourth-order valence-corrected chi connectivity index (χ4v) is 2.73. The number of oxazole rings is 1. The van der Waals surface area contributed by atoms with Crippen LogP contribution in [0.2, 0.25) is 5.02 Å². The van der Waals surface area contributed by atoms with Gasteiger partial charge in [-0.3, -0.25) is 0 Å². The van der Waals surface area contributed by atoms with E-state index in [1.807, 2.05) is 0 Å². The molecule has 28 heavy (non-hydrogen) atoms. The lowest BCUT2D eigenvalue weighted by atomic mass is 10.0. The molecule has 0 saturated heterocycles. The number of aryl methyl sites for hydroxylation is 1. The number of rotatable bonds is 5. The summed E-state index contributed by atoms with van der Waals surface area (Å²) in [5.41, 5.74) is 0.562. The van der Waals surface area contributed by atoms with E-state index in [-0.39, 0.29) is 22.9 Å². The fraction of sp³-hybridized carbons (Fsp3) is 0.158. The predicted octanol–water partition coefficient (Wildman–Crippen LogP) is 5.60. The van der Waals surface area contributed by atoms with Crippen molar-refractivity contribution in [2.45, 2.75) is 19.7 Å². The molecule has 0 unspecified atom stereocenters. The van der Waals surface area contributed by atoms with Gasteiger partial charge in [-0.15, -0.1) is 0 Å². The molecule has 0 aliphatic rings. The van der Waals surface area contributed by atoms with Gasteiger partial charge in [-0.05, 0) is 42.0 Å². The van der Waals surface area contributed by atoms with Gasteiger partial charge in [0.2, 0.25) is 0 Å². The minimum atomic E-state index is -4.51. The van der Waals surface area contributed by atoms with Crippen LogP contribution in [0.3, 0.4) is 0 Å². The summed E-state index contributed by atoms with van der Waals surface area (Å²) in [5.74, 6) is -0.671. The van der Waals surface area contributed by atoms with E-state index in [2.05, 4.69) is 4.98 Å². The lowest BCUT2D eigenvalue weighted by molar-refractivity contribution is -0.137. The van der Waals surface area contributed by atoms with Crippen LogP contribution in [-0.4, -0.2) is 16.1 Å². The molecule has 1 N–H and O–H groups in total. The molecular formula is C19H13ClF3NO4. The number of ether oxygens (including phenoxy) is 1. The van der Waals surface area contributed by atoms with Crippen LogP contribution in [0.4, 0.5) is 13.2 Å². The lowest BCUT2D eigenvalue weighted by Gasteiger charge is -2.12. The Hall–Kier alpha value is -3.00. The van der Waals surface area contributed by atoms with E-state index in [1.54, 1.807) is 13.0 Å². The molecule has 1 heterocycles. The maximum absolute atomic E-state index is 12.7. The van der Waals surface area contributed by atoms with E-state index >= 15 is 0 Å². The van der Waals surface area contributed by atoms with E-state index in [9.17, 15) is 23.1 Å². The second-order valence-electron chi connectivity index (χ2n) is 5.91. The summed E-state index contributed by atoms with van der Waals surface area (Å²) in [6, 6.07) is 7.24. The second-order valence-corrected chi connectivity index (χ2v) is 6.31. The van der Waals surface area contributed by atoms with Crippen LogP contribution < -0.4 is 4.74 Å². The molecule has 0 radical (unpaired) electrons. The maximum Gasteiger partial charge on any atom is 0.416 e. The van der Waals surface area contributed by atoms with Crippen LogP contribution in [0, 0.1) is 6.92 Å². The molecule has 0 amide bonds. The van der Waals surface area contributed by atoms with Gasteiger partial charge in [0, 0.05) is 12.5 Å². The summed E-state index contributed by atoms with van der Waals surface area (Å²) >= 11 is 5.87. The zero-order chi connectivity index (χ0) is 20.5. The highest BCUT2D eigenvalue weighted by Crippen LogP contribution is 2.35. The number of benzene rings is 2. The highest BCUT2D eigenvalue weighted by atomic mass is 35.5. The topological polar surface area (TPSA) is 72.6 Å². The van der Waals surface area contributed by atoms with Crippen molar-refractivity contribution in [3.8, 4) is 17.0 Å². The number of aromatic nitrogens is 1. The summed E-state index contributed by atoms with van der Waals surface area (Å²) in [4.78, 5) is 15.5. The number of hydrogen-bond donors (Lipinski definition) is 1. The van der Waals surface area contributed by atoms with Crippen LogP contribution >= 0.6 is 11.6 Å². The number of aromatic carboxylic acids is 1. The first-order valence-corrected chi connectivity index (χ1v) is 8.30. The SMILES string of the molecule is Cc1nc(-c2cc(COc3ccc(C(F)(F)F)cc3Cl)cc(C(=O)O)c2)co1. The van der Waals surface area contributed by atoms with Crippen LogP contribution in [0.15, 0.2) is 47.1 Å². The number of carbonyl (C=O) groups is 1. The first-order chi connectivity index (χ1) is 13.1. The minimum absolute atomic E-state index is 0.00951. The number of halogens is 4.